The Balaban J connectivity index is 1.73. The summed E-state index contributed by atoms with van der Waals surface area (Å²) in [6.45, 7) is 0. The van der Waals surface area contributed by atoms with Gasteiger partial charge in [-0.3, -0.25) is 9.59 Å². The summed E-state index contributed by atoms with van der Waals surface area (Å²) >= 11 is 6.06. The number of hydrogen-bond donors (Lipinski definition) is 3. The fourth-order valence-electron chi connectivity index (χ4n) is 3.99. The van der Waals surface area contributed by atoms with Gasteiger partial charge in [-0.2, -0.15) is 0 Å². The molecule has 0 spiro atoms. The first-order valence-electron chi connectivity index (χ1n) is 10.1. The minimum Gasteiger partial charge on any atom is -0.385 e. The number of rotatable bonds is 5. The van der Waals surface area contributed by atoms with Gasteiger partial charge in [-0.15, -0.1) is 0 Å². The molecule has 0 unspecified atom stereocenters. The van der Waals surface area contributed by atoms with Crippen molar-refractivity contribution in [3.05, 3.63) is 112 Å². The highest BCUT2D eigenvalue weighted by Gasteiger charge is 2.29. The Hall–Kier alpha value is -4.16. The van der Waals surface area contributed by atoms with Crippen molar-refractivity contribution in [1.29, 1.82) is 0 Å². The second-order valence-electron chi connectivity index (χ2n) is 7.59. The van der Waals surface area contributed by atoms with E-state index in [0.29, 0.717) is 38.2 Å². The number of aromatic amines is 2. The van der Waals surface area contributed by atoms with Gasteiger partial charge in [-0.1, -0.05) is 54.1 Å². The zero-order chi connectivity index (χ0) is 23.1. The highest BCUT2D eigenvalue weighted by molar-refractivity contribution is 6.30. The van der Waals surface area contributed by atoms with E-state index in [-0.39, 0.29) is 22.9 Å². The first-order chi connectivity index (χ1) is 15.9. The summed E-state index contributed by atoms with van der Waals surface area (Å²) in [5, 5.41) is 1.07. The molecule has 4 N–H and O–H groups in total. The summed E-state index contributed by atoms with van der Waals surface area (Å²) in [5.41, 5.74) is 8.91. The third-order valence-corrected chi connectivity index (χ3v) is 5.79. The van der Waals surface area contributed by atoms with Gasteiger partial charge in [0.25, 0.3) is 0 Å². The van der Waals surface area contributed by atoms with Gasteiger partial charge < -0.3 is 15.7 Å². The molecular weight excluding hydrogens is 441 g/mol. The Labute approximate surface area is 193 Å². The number of nitrogens with two attached hydrogens (primary N) is 1. The molecule has 0 aliphatic rings. The molecule has 5 rings (SSSR count). The standard InChI is InChI=1S/C26H17ClFN3O2/c27-16-8-6-14(7-9-16)21-22(25(33)19-13-30-20-12-17(28)10-11-18(19)20)26(29)31-23(21)24(32)15-4-2-1-3-5-15/h1-13,30-31H,29H2. The van der Waals surface area contributed by atoms with Crippen molar-refractivity contribution in [2.24, 2.45) is 0 Å². The van der Waals surface area contributed by atoms with Crippen molar-refractivity contribution in [1.82, 2.24) is 9.97 Å². The molecule has 0 bridgehead atoms. The lowest BCUT2D eigenvalue weighted by atomic mass is 9.93. The molecule has 2 aromatic heterocycles. The predicted octanol–water partition coefficient (Wildman–Crippen LogP) is 6.00. The Kier molecular flexibility index (Phi) is 5.07. The van der Waals surface area contributed by atoms with Gasteiger partial charge in [0.1, 0.15) is 11.6 Å². The second kappa shape index (κ2) is 8.07. The third-order valence-electron chi connectivity index (χ3n) is 5.54. The second-order valence-corrected chi connectivity index (χ2v) is 8.02. The maximum atomic E-state index is 13.7. The predicted molar refractivity (Wildman–Crippen MR) is 127 cm³/mol. The molecule has 5 nitrogen and oxygen atoms in total. The van der Waals surface area contributed by atoms with Crippen LogP contribution >= 0.6 is 11.6 Å². The van der Waals surface area contributed by atoms with E-state index in [0.717, 1.165) is 0 Å². The van der Waals surface area contributed by atoms with Gasteiger partial charge in [-0.25, -0.2) is 4.39 Å². The molecule has 162 valence electrons. The number of ketones is 2. The number of carbonyl (C=O) groups excluding carboxylic acids is 2. The molecule has 0 aliphatic carbocycles. The van der Waals surface area contributed by atoms with Crippen LogP contribution in [0.4, 0.5) is 10.2 Å². The molecule has 33 heavy (non-hydrogen) atoms. The molecule has 0 saturated carbocycles. The largest absolute Gasteiger partial charge is 0.385 e. The lowest BCUT2D eigenvalue weighted by Gasteiger charge is -2.08. The number of aromatic nitrogens is 2. The van der Waals surface area contributed by atoms with Crippen molar-refractivity contribution in [2.45, 2.75) is 0 Å². The smallest absolute Gasteiger partial charge is 0.209 e. The van der Waals surface area contributed by atoms with E-state index in [9.17, 15) is 14.0 Å². The van der Waals surface area contributed by atoms with Gasteiger partial charge in [-0.05, 0) is 35.9 Å². The van der Waals surface area contributed by atoms with Crippen LogP contribution in [0, 0.1) is 5.82 Å². The van der Waals surface area contributed by atoms with Crippen molar-refractivity contribution in [3.63, 3.8) is 0 Å². The average Bonchev–Trinajstić information content (AvgIpc) is 3.40. The molecule has 0 fully saturated rings. The van der Waals surface area contributed by atoms with Gasteiger partial charge in [0.15, 0.2) is 5.78 Å². The molecule has 7 heteroatoms. The van der Waals surface area contributed by atoms with Crippen molar-refractivity contribution in [2.75, 3.05) is 5.73 Å². The van der Waals surface area contributed by atoms with E-state index in [1.54, 1.807) is 48.5 Å². The lowest BCUT2D eigenvalue weighted by Crippen LogP contribution is -2.06. The average molecular weight is 458 g/mol. The summed E-state index contributed by atoms with van der Waals surface area (Å²) in [7, 11) is 0. The van der Waals surface area contributed by atoms with Crippen LogP contribution in [-0.2, 0) is 0 Å². The molecule has 0 aliphatic heterocycles. The minimum absolute atomic E-state index is 0.0701. The number of fused-ring (bicyclic) bond motifs is 1. The number of nitrogens with one attached hydrogen (secondary N) is 2. The van der Waals surface area contributed by atoms with E-state index < -0.39 is 11.6 Å². The highest BCUT2D eigenvalue weighted by atomic mass is 35.5. The summed E-state index contributed by atoms with van der Waals surface area (Å²) in [5.74, 6) is -1.03. The molecule has 3 aromatic carbocycles. The molecule has 0 saturated heterocycles. The Morgan fingerprint density at radius 2 is 1.64 bits per heavy atom. The number of benzene rings is 3. The maximum Gasteiger partial charge on any atom is 0.209 e. The molecule has 0 amide bonds. The first-order valence-corrected chi connectivity index (χ1v) is 10.5. The topological polar surface area (TPSA) is 91.7 Å². The zero-order valence-electron chi connectivity index (χ0n) is 17.2. The molecule has 5 aromatic rings. The van der Waals surface area contributed by atoms with Crippen LogP contribution in [0.15, 0.2) is 79.0 Å². The number of carbonyl (C=O) groups is 2. The summed E-state index contributed by atoms with van der Waals surface area (Å²) in [4.78, 5) is 32.9. The van der Waals surface area contributed by atoms with Crippen LogP contribution in [0.25, 0.3) is 22.0 Å². The van der Waals surface area contributed by atoms with E-state index in [1.165, 1.54) is 24.4 Å². The summed E-state index contributed by atoms with van der Waals surface area (Å²) in [6, 6.07) is 19.7. The van der Waals surface area contributed by atoms with Crippen LogP contribution in [0.2, 0.25) is 5.02 Å². The van der Waals surface area contributed by atoms with Crippen LogP contribution < -0.4 is 5.73 Å². The Morgan fingerprint density at radius 3 is 2.36 bits per heavy atom. The van der Waals surface area contributed by atoms with Gasteiger partial charge in [0.05, 0.1) is 11.3 Å². The van der Waals surface area contributed by atoms with E-state index >= 15 is 0 Å². The van der Waals surface area contributed by atoms with Crippen molar-refractivity contribution in [3.8, 4) is 11.1 Å². The SMILES string of the molecule is Nc1[nH]c(C(=O)c2ccccc2)c(-c2ccc(Cl)cc2)c1C(=O)c1c[nH]c2cc(F)ccc12. The zero-order valence-corrected chi connectivity index (χ0v) is 17.9. The van der Waals surface area contributed by atoms with Crippen LogP contribution in [0.5, 0.6) is 0 Å². The fraction of sp³-hybridized carbons (Fsp3) is 0. The number of halogens is 2. The van der Waals surface area contributed by atoms with E-state index in [1.807, 2.05) is 6.07 Å². The number of nitrogen functional groups attached to an aromatic ring is 1. The number of hydrogen-bond acceptors (Lipinski definition) is 3. The first kappa shape index (κ1) is 20.7. The molecule has 0 atom stereocenters. The molecule has 0 radical (unpaired) electrons. The van der Waals surface area contributed by atoms with Crippen molar-refractivity contribution < 1.29 is 14.0 Å². The van der Waals surface area contributed by atoms with Crippen LogP contribution in [0.3, 0.4) is 0 Å². The number of H-pyrrole nitrogens is 2. The van der Waals surface area contributed by atoms with Crippen LogP contribution in [0.1, 0.15) is 32.0 Å². The van der Waals surface area contributed by atoms with Crippen molar-refractivity contribution >= 4 is 39.9 Å². The fourth-order valence-corrected chi connectivity index (χ4v) is 4.11. The Morgan fingerprint density at radius 1 is 0.909 bits per heavy atom. The van der Waals surface area contributed by atoms with E-state index in [2.05, 4.69) is 9.97 Å². The van der Waals surface area contributed by atoms with E-state index in [4.69, 9.17) is 17.3 Å². The lowest BCUT2D eigenvalue weighted by molar-refractivity contribution is 0.103. The normalized spacial score (nSPS) is 11.1. The van der Waals surface area contributed by atoms with Gasteiger partial charge >= 0.3 is 0 Å². The van der Waals surface area contributed by atoms with Crippen LogP contribution in [-0.4, -0.2) is 21.5 Å². The van der Waals surface area contributed by atoms with Gasteiger partial charge in [0, 0.05) is 38.8 Å². The summed E-state index contributed by atoms with van der Waals surface area (Å²) < 4.78 is 13.6. The summed E-state index contributed by atoms with van der Waals surface area (Å²) in [6.07, 6.45) is 1.52. The molecular formula is C26H17ClFN3O2. The molecule has 2 heterocycles. The third kappa shape index (κ3) is 3.60. The Bertz CT molecular complexity index is 1520. The van der Waals surface area contributed by atoms with Gasteiger partial charge in [0.2, 0.25) is 5.78 Å². The monoisotopic (exact) mass is 457 g/mol. The minimum atomic E-state index is -0.415. The maximum absolute atomic E-state index is 13.7. The quantitative estimate of drug-likeness (QED) is 0.283. The number of anilines is 1. The highest BCUT2D eigenvalue weighted by Crippen LogP contribution is 2.36.